The van der Waals surface area contributed by atoms with Crippen LogP contribution in [0.3, 0.4) is 0 Å². The van der Waals surface area contributed by atoms with Gasteiger partial charge in [-0.15, -0.1) is 0 Å². The number of benzene rings is 2. The molecule has 0 atom stereocenters. The molecule has 0 bridgehead atoms. The number of nitrogens with zero attached hydrogens (tertiary/aromatic N) is 1. The largest absolute Gasteiger partial charge is 0.453 e. The average Bonchev–Trinajstić information content (AvgIpc) is 3.31. The van der Waals surface area contributed by atoms with Crippen LogP contribution in [0.1, 0.15) is 5.56 Å². The standard InChI is InChI=1S/C20H11ClF4N2O/c21-15-9-12(3-6-14(15)20(23,24)25)17-7-8-18(28-17)19-26-10-16(27-19)11-1-4-13(22)5-2-11/h1-10H,(H,26,27). The maximum atomic E-state index is 13.0. The van der Waals surface area contributed by atoms with Crippen molar-refractivity contribution in [3.63, 3.8) is 0 Å². The molecule has 0 amide bonds. The molecule has 0 aliphatic rings. The first-order valence-corrected chi connectivity index (χ1v) is 8.47. The van der Waals surface area contributed by atoms with Gasteiger partial charge in [0, 0.05) is 5.56 Å². The smallest absolute Gasteiger partial charge is 0.417 e. The fraction of sp³-hybridized carbons (Fsp3) is 0.0500. The van der Waals surface area contributed by atoms with Gasteiger partial charge < -0.3 is 9.40 Å². The highest BCUT2D eigenvalue weighted by molar-refractivity contribution is 6.31. The molecular formula is C20H11ClF4N2O. The van der Waals surface area contributed by atoms with E-state index in [0.717, 1.165) is 11.6 Å². The van der Waals surface area contributed by atoms with E-state index >= 15 is 0 Å². The van der Waals surface area contributed by atoms with Crippen LogP contribution in [0, 0.1) is 5.82 Å². The van der Waals surface area contributed by atoms with Crippen molar-refractivity contribution in [2.24, 2.45) is 0 Å². The Morgan fingerprint density at radius 1 is 0.893 bits per heavy atom. The zero-order valence-electron chi connectivity index (χ0n) is 14.0. The summed E-state index contributed by atoms with van der Waals surface area (Å²) in [4.78, 5) is 7.31. The minimum Gasteiger partial charge on any atom is -0.453 e. The molecule has 0 spiro atoms. The number of halogens is 5. The molecule has 142 valence electrons. The number of rotatable bonds is 3. The highest BCUT2D eigenvalue weighted by atomic mass is 35.5. The van der Waals surface area contributed by atoms with Gasteiger partial charge in [0.15, 0.2) is 11.6 Å². The fourth-order valence-corrected chi connectivity index (χ4v) is 3.03. The minimum absolute atomic E-state index is 0.339. The van der Waals surface area contributed by atoms with Gasteiger partial charge in [-0.3, -0.25) is 0 Å². The number of H-pyrrole nitrogens is 1. The lowest BCUT2D eigenvalue weighted by atomic mass is 10.1. The van der Waals surface area contributed by atoms with Crippen LogP contribution in [-0.4, -0.2) is 9.97 Å². The van der Waals surface area contributed by atoms with Gasteiger partial charge in [-0.05, 0) is 54.1 Å². The summed E-state index contributed by atoms with van der Waals surface area (Å²) < 4.78 is 57.2. The van der Waals surface area contributed by atoms with Crippen molar-refractivity contribution in [1.82, 2.24) is 9.97 Å². The van der Waals surface area contributed by atoms with Crippen LogP contribution in [0.4, 0.5) is 17.6 Å². The highest BCUT2D eigenvalue weighted by Gasteiger charge is 2.33. The third-order valence-electron chi connectivity index (χ3n) is 4.13. The monoisotopic (exact) mass is 406 g/mol. The van der Waals surface area contributed by atoms with E-state index in [-0.39, 0.29) is 5.82 Å². The van der Waals surface area contributed by atoms with E-state index in [1.165, 1.54) is 24.3 Å². The number of hydrogen-bond acceptors (Lipinski definition) is 2. The lowest BCUT2D eigenvalue weighted by Crippen LogP contribution is -2.05. The van der Waals surface area contributed by atoms with Crippen molar-refractivity contribution in [3.05, 3.63) is 77.2 Å². The van der Waals surface area contributed by atoms with Crippen molar-refractivity contribution in [2.45, 2.75) is 6.18 Å². The summed E-state index contributed by atoms with van der Waals surface area (Å²) >= 11 is 5.76. The van der Waals surface area contributed by atoms with Crippen LogP contribution in [0.15, 0.2) is 65.2 Å². The Labute approximate surface area is 161 Å². The first-order valence-electron chi connectivity index (χ1n) is 8.09. The Kier molecular flexibility index (Phi) is 4.47. The second-order valence-corrected chi connectivity index (χ2v) is 6.42. The van der Waals surface area contributed by atoms with Crippen molar-refractivity contribution in [2.75, 3.05) is 0 Å². The third kappa shape index (κ3) is 3.53. The van der Waals surface area contributed by atoms with Gasteiger partial charge in [-0.1, -0.05) is 17.7 Å². The Hall–Kier alpha value is -3.06. The van der Waals surface area contributed by atoms with Crippen LogP contribution in [0.5, 0.6) is 0 Å². The predicted molar refractivity (Wildman–Crippen MR) is 97.1 cm³/mol. The molecule has 3 nitrogen and oxygen atoms in total. The molecule has 0 fully saturated rings. The molecule has 4 aromatic rings. The number of hydrogen-bond donors (Lipinski definition) is 1. The van der Waals surface area contributed by atoms with Crippen LogP contribution >= 0.6 is 11.6 Å². The molecule has 0 saturated carbocycles. The predicted octanol–water partition coefficient (Wildman–Crippen LogP) is 6.82. The molecular weight excluding hydrogens is 396 g/mol. The van der Waals surface area contributed by atoms with Gasteiger partial charge in [-0.2, -0.15) is 13.2 Å². The molecule has 1 N–H and O–H groups in total. The van der Waals surface area contributed by atoms with Gasteiger partial charge in [0.05, 0.1) is 22.5 Å². The lowest BCUT2D eigenvalue weighted by Gasteiger charge is -2.09. The van der Waals surface area contributed by atoms with Gasteiger partial charge >= 0.3 is 6.18 Å². The molecule has 0 aliphatic carbocycles. The molecule has 2 aromatic heterocycles. The van der Waals surface area contributed by atoms with E-state index in [9.17, 15) is 17.6 Å². The van der Waals surface area contributed by atoms with Gasteiger partial charge in [0.2, 0.25) is 0 Å². The zero-order chi connectivity index (χ0) is 19.9. The zero-order valence-corrected chi connectivity index (χ0v) is 14.8. The molecule has 28 heavy (non-hydrogen) atoms. The minimum atomic E-state index is -4.52. The fourth-order valence-electron chi connectivity index (χ4n) is 2.74. The quantitative estimate of drug-likeness (QED) is 0.379. The van der Waals surface area contributed by atoms with Gasteiger partial charge in [-0.25, -0.2) is 9.37 Å². The summed E-state index contributed by atoms with van der Waals surface area (Å²) in [5.74, 6) is 0.850. The number of aromatic amines is 1. The molecule has 0 saturated heterocycles. The number of aromatic nitrogens is 2. The van der Waals surface area contributed by atoms with Crippen LogP contribution in [0.25, 0.3) is 34.2 Å². The van der Waals surface area contributed by atoms with E-state index in [4.69, 9.17) is 16.0 Å². The molecule has 2 aromatic carbocycles. The Morgan fingerprint density at radius 2 is 1.57 bits per heavy atom. The number of alkyl halides is 3. The first kappa shape index (κ1) is 18.3. The second-order valence-electron chi connectivity index (χ2n) is 6.01. The normalized spacial score (nSPS) is 11.8. The van der Waals surface area contributed by atoms with Crippen LogP contribution < -0.4 is 0 Å². The van der Waals surface area contributed by atoms with Gasteiger partial charge in [0.25, 0.3) is 0 Å². The van der Waals surface area contributed by atoms with Crippen molar-refractivity contribution in [1.29, 1.82) is 0 Å². The highest BCUT2D eigenvalue weighted by Crippen LogP contribution is 2.37. The van der Waals surface area contributed by atoms with E-state index in [1.807, 2.05) is 0 Å². The van der Waals surface area contributed by atoms with E-state index < -0.39 is 16.8 Å². The number of furan rings is 1. The van der Waals surface area contributed by atoms with E-state index in [0.29, 0.717) is 28.6 Å². The average molecular weight is 407 g/mol. The summed E-state index contributed by atoms with van der Waals surface area (Å²) in [7, 11) is 0. The summed E-state index contributed by atoms with van der Waals surface area (Å²) in [6, 6.07) is 12.6. The summed E-state index contributed by atoms with van der Waals surface area (Å²) in [5.41, 5.74) is 0.932. The summed E-state index contributed by atoms with van der Waals surface area (Å²) in [6.45, 7) is 0. The molecule has 0 aliphatic heterocycles. The Balaban J connectivity index is 1.62. The van der Waals surface area contributed by atoms with Crippen LogP contribution in [-0.2, 0) is 6.18 Å². The first-order chi connectivity index (χ1) is 13.3. The molecule has 0 unspecified atom stereocenters. The molecule has 0 radical (unpaired) electrons. The topological polar surface area (TPSA) is 41.8 Å². The van der Waals surface area contributed by atoms with Crippen molar-refractivity contribution >= 4 is 11.6 Å². The Morgan fingerprint density at radius 3 is 2.25 bits per heavy atom. The Bertz CT molecular complexity index is 1130. The maximum absolute atomic E-state index is 13.0. The SMILES string of the molecule is Fc1ccc(-c2cnc(-c3ccc(-c4ccc(C(F)(F)F)c(Cl)c4)o3)[nH]2)cc1. The summed E-state index contributed by atoms with van der Waals surface area (Å²) in [6.07, 6.45) is -2.94. The maximum Gasteiger partial charge on any atom is 0.417 e. The van der Waals surface area contributed by atoms with Gasteiger partial charge in [0.1, 0.15) is 11.6 Å². The van der Waals surface area contributed by atoms with Crippen molar-refractivity contribution < 1.29 is 22.0 Å². The van der Waals surface area contributed by atoms with E-state index in [1.54, 1.807) is 30.5 Å². The number of imidazole rings is 1. The number of nitrogens with one attached hydrogen (secondary N) is 1. The molecule has 8 heteroatoms. The lowest BCUT2D eigenvalue weighted by molar-refractivity contribution is -0.137. The van der Waals surface area contributed by atoms with E-state index in [2.05, 4.69) is 9.97 Å². The van der Waals surface area contributed by atoms with Crippen molar-refractivity contribution in [3.8, 4) is 34.2 Å². The summed E-state index contributed by atoms with van der Waals surface area (Å²) in [5, 5.41) is -0.403. The molecule has 2 heterocycles. The third-order valence-corrected chi connectivity index (χ3v) is 4.44. The molecule has 4 rings (SSSR count). The second kappa shape index (κ2) is 6.83. The van der Waals surface area contributed by atoms with Crippen LogP contribution in [0.2, 0.25) is 5.02 Å².